The number of ether oxygens (including phenoxy) is 1. The number of nitrogens with one attached hydrogen (secondary N) is 1. The minimum absolute atomic E-state index is 0.0515. The molecule has 0 unspecified atom stereocenters. The first-order valence-corrected chi connectivity index (χ1v) is 7.79. The van der Waals surface area contributed by atoms with Crippen LogP contribution in [0.5, 0.6) is 0 Å². The summed E-state index contributed by atoms with van der Waals surface area (Å²) in [6.45, 7) is 1.17. The summed E-state index contributed by atoms with van der Waals surface area (Å²) < 4.78 is 31.8. The van der Waals surface area contributed by atoms with E-state index in [1.807, 2.05) is 7.05 Å². The molecule has 8 heteroatoms. The summed E-state index contributed by atoms with van der Waals surface area (Å²) in [7, 11) is 1.20. The van der Waals surface area contributed by atoms with Gasteiger partial charge in [0.1, 0.15) is 0 Å². The highest BCUT2D eigenvalue weighted by molar-refractivity contribution is 7.87. The van der Waals surface area contributed by atoms with Crippen LogP contribution in [-0.2, 0) is 19.7 Å². The molecule has 0 aromatic carbocycles. The fourth-order valence-corrected chi connectivity index (χ4v) is 2.53. The molecule has 0 heterocycles. The summed E-state index contributed by atoms with van der Waals surface area (Å²) in [6, 6.07) is 0.613. The molecule has 1 rings (SSSR count). The number of likely N-dealkylation sites (N-methyl/N-ethyl adjacent to an activating group) is 1. The highest BCUT2D eigenvalue weighted by atomic mass is 32.2. The van der Waals surface area contributed by atoms with Crippen molar-refractivity contribution in [3.63, 3.8) is 0 Å². The third-order valence-electron chi connectivity index (χ3n) is 3.19. The van der Waals surface area contributed by atoms with Crippen LogP contribution in [-0.4, -0.2) is 70.5 Å². The highest BCUT2D eigenvalue weighted by Crippen LogP contribution is 2.24. The van der Waals surface area contributed by atoms with E-state index in [9.17, 15) is 13.2 Å². The van der Waals surface area contributed by atoms with Crippen molar-refractivity contribution in [1.29, 1.82) is 0 Å². The first-order chi connectivity index (χ1) is 8.86. The number of esters is 1. The molecule has 1 aliphatic carbocycles. The molecule has 0 aliphatic heterocycles. The standard InChI is InChI=1S/C11H23N3O4S/c1-13(10-4-5-10)9-7-12-19(16,17)14(2)8-6-11(15)18-3/h10,12H,4-9H2,1-3H3. The van der Waals surface area contributed by atoms with Gasteiger partial charge in [0.25, 0.3) is 10.2 Å². The number of hydrogen-bond donors (Lipinski definition) is 1. The van der Waals surface area contributed by atoms with Crippen LogP contribution in [0.2, 0.25) is 0 Å². The molecule has 7 nitrogen and oxygen atoms in total. The van der Waals surface area contributed by atoms with Crippen LogP contribution in [0.4, 0.5) is 0 Å². The molecule has 0 bridgehead atoms. The van der Waals surface area contributed by atoms with E-state index in [2.05, 4.69) is 14.4 Å². The molecule has 0 atom stereocenters. The first kappa shape index (κ1) is 16.4. The van der Waals surface area contributed by atoms with Crippen LogP contribution >= 0.6 is 0 Å². The quantitative estimate of drug-likeness (QED) is 0.575. The molecule has 0 spiro atoms. The lowest BCUT2D eigenvalue weighted by Gasteiger charge is -2.19. The second-order valence-electron chi connectivity index (χ2n) is 4.76. The van der Waals surface area contributed by atoms with Gasteiger partial charge < -0.3 is 9.64 Å². The fraction of sp³-hybridized carbons (Fsp3) is 0.909. The Morgan fingerprint density at radius 1 is 1.32 bits per heavy atom. The molecular formula is C11H23N3O4S. The third-order valence-corrected chi connectivity index (χ3v) is 4.76. The van der Waals surface area contributed by atoms with Crippen LogP contribution in [0.25, 0.3) is 0 Å². The van der Waals surface area contributed by atoms with Crippen LogP contribution in [0, 0.1) is 0 Å². The molecule has 0 aromatic rings. The Labute approximate surface area is 115 Å². The van der Waals surface area contributed by atoms with Gasteiger partial charge in [0.05, 0.1) is 13.5 Å². The third kappa shape index (κ3) is 5.85. The van der Waals surface area contributed by atoms with Crippen molar-refractivity contribution >= 4 is 16.2 Å². The molecular weight excluding hydrogens is 270 g/mol. The Morgan fingerprint density at radius 3 is 2.47 bits per heavy atom. The lowest BCUT2D eigenvalue weighted by Crippen LogP contribution is -2.42. The van der Waals surface area contributed by atoms with Crippen molar-refractivity contribution < 1.29 is 17.9 Å². The van der Waals surface area contributed by atoms with Gasteiger partial charge in [0.2, 0.25) is 0 Å². The predicted octanol–water partition coefficient (Wildman–Crippen LogP) is -0.590. The summed E-state index contributed by atoms with van der Waals surface area (Å²) in [6.07, 6.45) is 2.44. The topological polar surface area (TPSA) is 78.9 Å². The molecule has 0 aromatic heterocycles. The second-order valence-corrected chi connectivity index (χ2v) is 6.62. The maximum absolute atomic E-state index is 11.8. The van der Waals surface area contributed by atoms with E-state index in [0.717, 1.165) is 4.31 Å². The summed E-state index contributed by atoms with van der Waals surface area (Å²) in [5.41, 5.74) is 0. The van der Waals surface area contributed by atoms with Crippen LogP contribution in [0.1, 0.15) is 19.3 Å². The Morgan fingerprint density at radius 2 is 1.95 bits per heavy atom. The lowest BCUT2D eigenvalue weighted by molar-refractivity contribution is -0.140. The van der Waals surface area contributed by atoms with Gasteiger partial charge in [0, 0.05) is 32.7 Å². The van der Waals surface area contributed by atoms with Gasteiger partial charge in [0.15, 0.2) is 0 Å². The van der Waals surface area contributed by atoms with Gasteiger partial charge in [-0.05, 0) is 19.9 Å². The zero-order valence-corrected chi connectivity index (χ0v) is 12.6. The van der Waals surface area contributed by atoms with E-state index in [1.54, 1.807) is 0 Å². The molecule has 0 amide bonds. The summed E-state index contributed by atoms with van der Waals surface area (Å²) in [4.78, 5) is 13.1. The fourth-order valence-electron chi connectivity index (χ4n) is 1.63. The SMILES string of the molecule is COC(=O)CCN(C)S(=O)(=O)NCCN(C)C1CC1. The largest absolute Gasteiger partial charge is 0.469 e. The Hall–Kier alpha value is -0.700. The number of hydrogen-bond acceptors (Lipinski definition) is 5. The summed E-state index contributed by atoms with van der Waals surface area (Å²) in [5.74, 6) is -0.421. The monoisotopic (exact) mass is 293 g/mol. The zero-order chi connectivity index (χ0) is 14.5. The minimum atomic E-state index is -3.52. The summed E-state index contributed by atoms with van der Waals surface area (Å²) in [5, 5.41) is 0. The number of carbonyl (C=O) groups is 1. The number of rotatable bonds is 9. The van der Waals surface area contributed by atoms with E-state index in [4.69, 9.17) is 0 Å². The first-order valence-electron chi connectivity index (χ1n) is 6.35. The molecule has 1 N–H and O–H groups in total. The van der Waals surface area contributed by atoms with Gasteiger partial charge in [-0.1, -0.05) is 0 Å². The van der Waals surface area contributed by atoms with E-state index in [1.165, 1.54) is 27.0 Å². The van der Waals surface area contributed by atoms with E-state index < -0.39 is 16.2 Å². The molecule has 112 valence electrons. The van der Waals surface area contributed by atoms with Gasteiger partial charge in [-0.25, -0.2) is 4.72 Å². The average Bonchev–Trinajstić information content (AvgIpc) is 3.19. The number of nitrogens with zero attached hydrogens (tertiary/aromatic N) is 2. The predicted molar refractivity (Wildman–Crippen MR) is 71.8 cm³/mol. The molecule has 1 saturated carbocycles. The normalized spacial score (nSPS) is 16.1. The average molecular weight is 293 g/mol. The van der Waals surface area contributed by atoms with Crippen molar-refractivity contribution in [2.45, 2.75) is 25.3 Å². The van der Waals surface area contributed by atoms with Crippen LogP contribution in [0.15, 0.2) is 0 Å². The van der Waals surface area contributed by atoms with Gasteiger partial charge in [-0.15, -0.1) is 0 Å². The zero-order valence-electron chi connectivity index (χ0n) is 11.8. The van der Waals surface area contributed by atoms with Crippen LogP contribution in [0.3, 0.4) is 0 Å². The molecule has 1 fully saturated rings. The Bertz CT molecular complexity index is 395. The maximum atomic E-state index is 11.8. The van der Waals surface area contributed by atoms with Crippen molar-refractivity contribution in [1.82, 2.24) is 13.9 Å². The molecule has 0 saturated heterocycles. The Balaban J connectivity index is 2.26. The van der Waals surface area contributed by atoms with Crippen molar-refractivity contribution in [3.8, 4) is 0 Å². The summed E-state index contributed by atoms with van der Waals surface area (Å²) >= 11 is 0. The maximum Gasteiger partial charge on any atom is 0.306 e. The number of carbonyl (C=O) groups excluding carboxylic acids is 1. The van der Waals surface area contributed by atoms with Crippen molar-refractivity contribution in [2.24, 2.45) is 0 Å². The second kappa shape index (κ2) is 7.18. The molecule has 1 aliphatic rings. The van der Waals surface area contributed by atoms with Crippen LogP contribution < -0.4 is 4.72 Å². The van der Waals surface area contributed by atoms with E-state index in [-0.39, 0.29) is 13.0 Å². The smallest absolute Gasteiger partial charge is 0.306 e. The van der Waals surface area contributed by atoms with Crippen molar-refractivity contribution in [3.05, 3.63) is 0 Å². The molecule has 19 heavy (non-hydrogen) atoms. The minimum Gasteiger partial charge on any atom is -0.469 e. The Kier molecular flexibility index (Phi) is 6.18. The van der Waals surface area contributed by atoms with Gasteiger partial charge in [-0.2, -0.15) is 12.7 Å². The van der Waals surface area contributed by atoms with E-state index >= 15 is 0 Å². The lowest BCUT2D eigenvalue weighted by atomic mass is 10.4. The highest BCUT2D eigenvalue weighted by Gasteiger charge is 2.26. The molecule has 0 radical (unpaired) electrons. The van der Waals surface area contributed by atoms with Crippen molar-refractivity contribution in [2.75, 3.05) is 40.8 Å². The van der Waals surface area contributed by atoms with E-state index in [0.29, 0.717) is 19.1 Å². The van der Waals surface area contributed by atoms with Gasteiger partial charge in [-0.3, -0.25) is 4.79 Å². The van der Waals surface area contributed by atoms with Gasteiger partial charge >= 0.3 is 5.97 Å². The number of methoxy groups -OCH3 is 1.